The molecule has 118 valence electrons. The third-order valence-electron chi connectivity index (χ3n) is 4.76. The lowest BCUT2D eigenvalue weighted by Gasteiger charge is -2.45. The molecule has 3 heteroatoms. The first kappa shape index (κ1) is 21.5. The Bertz CT molecular complexity index is 191. The molecule has 0 saturated heterocycles. The third-order valence-corrected chi connectivity index (χ3v) is 4.76. The van der Waals surface area contributed by atoms with E-state index in [4.69, 9.17) is 0 Å². The van der Waals surface area contributed by atoms with Crippen LogP contribution in [-0.2, 0) is 0 Å². The van der Waals surface area contributed by atoms with Gasteiger partial charge >= 0.3 is 0 Å². The summed E-state index contributed by atoms with van der Waals surface area (Å²) in [6.07, 6.45) is 9.06. The van der Waals surface area contributed by atoms with Crippen LogP contribution in [0.25, 0.3) is 0 Å². The number of unbranched alkanes of at least 4 members (excludes halogenated alkanes) is 5. The summed E-state index contributed by atoms with van der Waals surface area (Å²) in [5.41, 5.74) is 0. The minimum Gasteiger partial charge on any atom is -1.00 e. The van der Waals surface area contributed by atoms with Crippen molar-refractivity contribution in [1.29, 1.82) is 0 Å². The standard InChI is InChI=1S/C16H37N2.ClH/c1-7-10-11-12-13-14-15-18(8-2,9-3)16(4)17(5)6;/h16H,7-15H2,1-6H3;1H/q+1;/p-1. The molecule has 0 aliphatic carbocycles. The van der Waals surface area contributed by atoms with Crippen LogP contribution in [0.4, 0.5) is 0 Å². The van der Waals surface area contributed by atoms with Crippen molar-refractivity contribution in [1.82, 2.24) is 4.90 Å². The van der Waals surface area contributed by atoms with Crippen LogP contribution in [0, 0.1) is 0 Å². The maximum atomic E-state index is 2.38. The summed E-state index contributed by atoms with van der Waals surface area (Å²) in [7, 11) is 4.43. The van der Waals surface area contributed by atoms with E-state index < -0.39 is 0 Å². The lowest BCUT2D eigenvalue weighted by Crippen LogP contribution is -3.00. The summed E-state index contributed by atoms with van der Waals surface area (Å²) in [6.45, 7) is 13.2. The van der Waals surface area contributed by atoms with Crippen LogP contribution in [0.1, 0.15) is 66.2 Å². The molecule has 0 bridgehead atoms. The van der Waals surface area contributed by atoms with Crippen LogP contribution in [0.15, 0.2) is 0 Å². The van der Waals surface area contributed by atoms with Gasteiger partial charge in [-0.2, -0.15) is 0 Å². The first-order valence-corrected chi connectivity index (χ1v) is 8.06. The Hall–Kier alpha value is 0.210. The van der Waals surface area contributed by atoms with Crippen molar-refractivity contribution >= 4 is 0 Å². The zero-order valence-electron chi connectivity index (χ0n) is 14.2. The van der Waals surface area contributed by atoms with E-state index >= 15 is 0 Å². The second-order valence-corrected chi connectivity index (χ2v) is 5.94. The van der Waals surface area contributed by atoms with Gasteiger partial charge in [-0.15, -0.1) is 0 Å². The van der Waals surface area contributed by atoms with Crippen molar-refractivity contribution in [3.05, 3.63) is 0 Å². The van der Waals surface area contributed by atoms with Crippen molar-refractivity contribution in [2.45, 2.75) is 72.4 Å². The van der Waals surface area contributed by atoms with Crippen LogP contribution >= 0.6 is 0 Å². The van der Waals surface area contributed by atoms with Gasteiger partial charge < -0.3 is 16.9 Å². The lowest BCUT2D eigenvalue weighted by atomic mass is 10.1. The van der Waals surface area contributed by atoms with Crippen molar-refractivity contribution in [2.75, 3.05) is 33.7 Å². The largest absolute Gasteiger partial charge is 1.00 e. The fraction of sp³-hybridized carbons (Fsp3) is 1.00. The Morgan fingerprint density at radius 3 is 1.74 bits per heavy atom. The van der Waals surface area contributed by atoms with Crippen LogP contribution in [-0.4, -0.2) is 49.3 Å². The molecular weight excluding hydrogens is 256 g/mol. The zero-order chi connectivity index (χ0) is 14.0. The predicted octanol–water partition coefficient (Wildman–Crippen LogP) is 1.12. The molecule has 0 aliphatic heterocycles. The topological polar surface area (TPSA) is 3.24 Å². The predicted molar refractivity (Wildman–Crippen MR) is 82.7 cm³/mol. The van der Waals surface area contributed by atoms with Crippen LogP contribution in [0.5, 0.6) is 0 Å². The van der Waals surface area contributed by atoms with Crippen molar-refractivity contribution < 1.29 is 16.9 Å². The van der Waals surface area contributed by atoms with E-state index in [1.54, 1.807) is 0 Å². The number of hydrogen-bond acceptors (Lipinski definition) is 1. The highest BCUT2D eigenvalue weighted by molar-refractivity contribution is 4.53. The first-order chi connectivity index (χ1) is 8.54. The smallest absolute Gasteiger partial charge is 0.141 e. The molecular formula is C16H37ClN2. The average molecular weight is 293 g/mol. The second-order valence-electron chi connectivity index (χ2n) is 5.94. The molecule has 0 aliphatic rings. The van der Waals surface area contributed by atoms with E-state index in [9.17, 15) is 0 Å². The van der Waals surface area contributed by atoms with Gasteiger partial charge in [0.1, 0.15) is 6.17 Å². The average Bonchev–Trinajstić information content (AvgIpc) is 2.38. The minimum absolute atomic E-state index is 0. The summed E-state index contributed by atoms with van der Waals surface area (Å²) in [5.74, 6) is 0. The number of rotatable bonds is 11. The number of nitrogens with zero attached hydrogens (tertiary/aromatic N) is 2. The van der Waals surface area contributed by atoms with E-state index in [2.05, 4.69) is 46.7 Å². The summed E-state index contributed by atoms with van der Waals surface area (Å²) in [6, 6.07) is 0. The summed E-state index contributed by atoms with van der Waals surface area (Å²) in [4.78, 5) is 2.38. The Kier molecular flexibility index (Phi) is 13.6. The molecule has 0 N–H and O–H groups in total. The lowest BCUT2D eigenvalue weighted by molar-refractivity contribution is -0.956. The van der Waals surface area contributed by atoms with E-state index in [-0.39, 0.29) is 12.4 Å². The molecule has 0 spiro atoms. The molecule has 0 fully saturated rings. The summed E-state index contributed by atoms with van der Waals surface area (Å²) >= 11 is 0. The summed E-state index contributed by atoms with van der Waals surface area (Å²) < 4.78 is 1.25. The second kappa shape index (κ2) is 12.0. The highest BCUT2D eigenvalue weighted by Gasteiger charge is 2.31. The van der Waals surface area contributed by atoms with E-state index in [0.717, 1.165) is 0 Å². The minimum atomic E-state index is 0. The maximum Gasteiger partial charge on any atom is 0.141 e. The van der Waals surface area contributed by atoms with Crippen molar-refractivity contribution in [3.8, 4) is 0 Å². The van der Waals surface area contributed by atoms with Gasteiger partial charge in [0.15, 0.2) is 0 Å². The third kappa shape index (κ3) is 7.53. The zero-order valence-corrected chi connectivity index (χ0v) is 15.0. The van der Waals surface area contributed by atoms with Gasteiger partial charge in [0.2, 0.25) is 0 Å². The van der Waals surface area contributed by atoms with Crippen LogP contribution < -0.4 is 12.4 Å². The SMILES string of the molecule is CCCCCCCC[N+](CC)(CC)C(C)N(C)C.[Cl-]. The molecule has 0 amide bonds. The Morgan fingerprint density at radius 2 is 1.32 bits per heavy atom. The van der Waals surface area contributed by atoms with Gasteiger partial charge in [-0.05, 0) is 40.8 Å². The van der Waals surface area contributed by atoms with Gasteiger partial charge in [0.25, 0.3) is 0 Å². The summed E-state index contributed by atoms with van der Waals surface area (Å²) in [5, 5.41) is 0. The van der Waals surface area contributed by atoms with E-state index in [1.165, 1.54) is 62.6 Å². The highest BCUT2D eigenvalue weighted by Crippen LogP contribution is 2.18. The molecule has 0 heterocycles. The van der Waals surface area contributed by atoms with Gasteiger partial charge in [-0.3, -0.25) is 4.90 Å². The molecule has 2 nitrogen and oxygen atoms in total. The molecule has 0 saturated carbocycles. The van der Waals surface area contributed by atoms with Gasteiger partial charge in [-0.1, -0.05) is 32.6 Å². The molecule has 19 heavy (non-hydrogen) atoms. The number of hydrogen-bond donors (Lipinski definition) is 0. The normalized spacial score (nSPS) is 13.4. The maximum absolute atomic E-state index is 2.38. The fourth-order valence-electron chi connectivity index (χ4n) is 2.95. The molecule has 1 atom stereocenters. The van der Waals surface area contributed by atoms with Crippen LogP contribution in [0.2, 0.25) is 0 Å². The fourth-order valence-corrected chi connectivity index (χ4v) is 2.95. The Morgan fingerprint density at radius 1 is 0.842 bits per heavy atom. The molecule has 0 radical (unpaired) electrons. The Labute approximate surface area is 128 Å². The molecule has 1 unspecified atom stereocenters. The molecule has 0 aromatic rings. The quantitative estimate of drug-likeness (QED) is 0.313. The first-order valence-electron chi connectivity index (χ1n) is 8.06. The Balaban J connectivity index is 0. The molecule has 0 rings (SSSR count). The molecule has 0 aromatic carbocycles. The van der Waals surface area contributed by atoms with Crippen molar-refractivity contribution in [2.24, 2.45) is 0 Å². The van der Waals surface area contributed by atoms with Crippen molar-refractivity contribution in [3.63, 3.8) is 0 Å². The van der Waals surface area contributed by atoms with Crippen LogP contribution in [0.3, 0.4) is 0 Å². The monoisotopic (exact) mass is 292 g/mol. The van der Waals surface area contributed by atoms with Gasteiger partial charge in [-0.25, -0.2) is 0 Å². The number of halogens is 1. The molecule has 0 aromatic heterocycles. The van der Waals surface area contributed by atoms with E-state index in [0.29, 0.717) is 6.17 Å². The number of quaternary nitrogens is 1. The van der Waals surface area contributed by atoms with E-state index in [1.807, 2.05) is 0 Å². The van der Waals surface area contributed by atoms with Gasteiger partial charge in [0, 0.05) is 6.92 Å². The van der Waals surface area contributed by atoms with Gasteiger partial charge in [0.05, 0.1) is 19.6 Å². The highest BCUT2D eigenvalue weighted by atomic mass is 35.5.